The Kier molecular flexibility index (Phi) is 4.82. The molecule has 0 saturated heterocycles. The van der Waals surface area contributed by atoms with Crippen molar-refractivity contribution in [3.05, 3.63) is 83.2 Å². The Morgan fingerprint density at radius 3 is 2.52 bits per heavy atom. The molecule has 1 N–H and O–H groups in total. The van der Waals surface area contributed by atoms with Gasteiger partial charge < -0.3 is 20.0 Å². The Hall–Kier alpha value is -3.94. The summed E-state index contributed by atoms with van der Waals surface area (Å²) >= 11 is 0. The van der Waals surface area contributed by atoms with E-state index in [9.17, 15) is 14.7 Å². The number of rotatable bonds is 5. The first-order chi connectivity index (χ1) is 14.1. The van der Waals surface area contributed by atoms with Crippen molar-refractivity contribution in [1.29, 1.82) is 0 Å². The van der Waals surface area contributed by atoms with Crippen molar-refractivity contribution in [3.63, 3.8) is 0 Å². The number of hydrogen-bond acceptors (Lipinski definition) is 7. The first-order valence-corrected chi connectivity index (χ1v) is 9.04. The van der Waals surface area contributed by atoms with Crippen molar-refractivity contribution in [3.8, 4) is 0 Å². The number of nitrogens with one attached hydrogen (secondary N) is 1. The third-order valence-electron chi connectivity index (χ3n) is 4.62. The zero-order chi connectivity index (χ0) is 20.4. The highest BCUT2D eigenvalue weighted by molar-refractivity contribution is 6.02. The maximum absolute atomic E-state index is 13.0. The molecule has 0 amide bonds. The summed E-state index contributed by atoms with van der Waals surface area (Å²) in [5, 5.41) is 18.5. The maximum Gasteiger partial charge on any atom is 0.338 e. The summed E-state index contributed by atoms with van der Waals surface area (Å²) in [7, 11) is 0. The highest BCUT2D eigenvalue weighted by atomic mass is 16.5. The van der Waals surface area contributed by atoms with Crippen LogP contribution in [0.25, 0.3) is 5.70 Å². The zero-order valence-electron chi connectivity index (χ0n) is 15.5. The molecule has 0 saturated carbocycles. The lowest BCUT2D eigenvalue weighted by Gasteiger charge is -2.29. The molecule has 0 bridgehead atoms. The standard InChI is InChI=1S/C21H18N4O4/c1-2-29-20(28)16-17(13-6-4-3-5-7-13)24-21-22-12-23-25(21)18(16)14-8-10-15(11-9-14)19(26)27/h3-12,18H,2H2,1H3,(H,26,27)(H,22,23,24)/p-1/t18-/m0/s1. The van der Waals surface area contributed by atoms with Crippen molar-refractivity contribution < 1.29 is 19.4 Å². The van der Waals surface area contributed by atoms with Crippen LogP contribution in [0.15, 0.2) is 66.5 Å². The van der Waals surface area contributed by atoms with E-state index in [1.54, 1.807) is 23.7 Å². The van der Waals surface area contributed by atoms with Gasteiger partial charge >= 0.3 is 5.97 Å². The van der Waals surface area contributed by atoms with Gasteiger partial charge in [-0.25, -0.2) is 9.48 Å². The van der Waals surface area contributed by atoms with Crippen LogP contribution in [0.5, 0.6) is 0 Å². The van der Waals surface area contributed by atoms with Crippen LogP contribution in [-0.4, -0.2) is 33.3 Å². The number of ether oxygens (including phenoxy) is 1. The summed E-state index contributed by atoms with van der Waals surface area (Å²) in [6.07, 6.45) is 1.39. The van der Waals surface area contributed by atoms with E-state index in [4.69, 9.17) is 4.74 Å². The fraction of sp³-hybridized carbons (Fsp3) is 0.143. The van der Waals surface area contributed by atoms with E-state index in [-0.39, 0.29) is 12.2 Å². The van der Waals surface area contributed by atoms with Crippen molar-refractivity contribution in [1.82, 2.24) is 14.8 Å². The van der Waals surface area contributed by atoms with E-state index in [0.29, 0.717) is 22.8 Å². The minimum Gasteiger partial charge on any atom is -0.545 e. The number of carbonyl (C=O) groups is 2. The number of esters is 1. The smallest absolute Gasteiger partial charge is 0.338 e. The van der Waals surface area contributed by atoms with Crippen LogP contribution in [0.4, 0.5) is 5.95 Å². The minimum atomic E-state index is -1.27. The molecule has 29 heavy (non-hydrogen) atoms. The Labute approximate surface area is 166 Å². The van der Waals surface area contributed by atoms with Gasteiger partial charge in [-0.1, -0.05) is 54.6 Å². The Balaban J connectivity index is 1.92. The maximum atomic E-state index is 13.0. The number of nitrogens with zero attached hydrogens (tertiary/aromatic N) is 3. The lowest BCUT2D eigenvalue weighted by Crippen LogP contribution is -2.30. The van der Waals surface area contributed by atoms with Crippen molar-refractivity contribution in [2.24, 2.45) is 0 Å². The zero-order valence-corrected chi connectivity index (χ0v) is 15.5. The first-order valence-electron chi connectivity index (χ1n) is 9.04. The summed E-state index contributed by atoms with van der Waals surface area (Å²) in [5.41, 5.74) is 2.43. The number of aromatic carboxylic acids is 1. The normalized spacial score (nSPS) is 15.4. The molecule has 0 radical (unpaired) electrons. The predicted octanol–water partition coefficient (Wildman–Crippen LogP) is 1.63. The number of carboxylic acid groups (broad SMARTS) is 1. The molecule has 0 spiro atoms. The summed E-state index contributed by atoms with van der Waals surface area (Å²) < 4.78 is 6.91. The highest BCUT2D eigenvalue weighted by Gasteiger charge is 2.36. The van der Waals surface area contributed by atoms with E-state index < -0.39 is 18.0 Å². The molecular formula is C21H17N4O4-. The van der Waals surface area contributed by atoms with E-state index >= 15 is 0 Å². The largest absolute Gasteiger partial charge is 0.545 e. The van der Waals surface area contributed by atoms with Gasteiger partial charge in [0.15, 0.2) is 0 Å². The van der Waals surface area contributed by atoms with Gasteiger partial charge in [0.05, 0.1) is 23.8 Å². The van der Waals surface area contributed by atoms with Crippen LogP contribution in [0.1, 0.15) is 34.5 Å². The summed E-state index contributed by atoms with van der Waals surface area (Å²) in [5.74, 6) is -1.30. The molecule has 3 aromatic rings. The van der Waals surface area contributed by atoms with Crippen molar-refractivity contribution >= 4 is 23.6 Å². The number of benzene rings is 2. The predicted molar refractivity (Wildman–Crippen MR) is 103 cm³/mol. The monoisotopic (exact) mass is 389 g/mol. The molecule has 2 aromatic carbocycles. The van der Waals surface area contributed by atoms with Crippen LogP contribution in [-0.2, 0) is 9.53 Å². The van der Waals surface area contributed by atoms with Crippen LogP contribution in [0.3, 0.4) is 0 Å². The number of anilines is 1. The second-order valence-electron chi connectivity index (χ2n) is 6.34. The topological polar surface area (TPSA) is 109 Å². The second kappa shape index (κ2) is 7.59. The number of fused-ring (bicyclic) bond motifs is 1. The van der Waals surface area contributed by atoms with Crippen molar-refractivity contribution in [2.45, 2.75) is 13.0 Å². The van der Waals surface area contributed by atoms with Crippen molar-refractivity contribution in [2.75, 3.05) is 11.9 Å². The van der Waals surface area contributed by atoms with Gasteiger partial charge in [0.2, 0.25) is 5.95 Å². The van der Waals surface area contributed by atoms with E-state index in [1.165, 1.54) is 18.5 Å². The van der Waals surface area contributed by atoms with Gasteiger partial charge in [0.1, 0.15) is 12.4 Å². The van der Waals surface area contributed by atoms with Gasteiger partial charge in [0.25, 0.3) is 0 Å². The second-order valence-corrected chi connectivity index (χ2v) is 6.34. The third-order valence-corrected chi connectivity index (χ3v) is 4.62. The van der Waals surface area contributed by atoms with Gasteiger partial charge in [-0.3, -0.25) is 0 Å². The SMILES string of the molecule is CCOC(=O)C1=C(c2ccccc2)Nc2ncnn2[C@H]1c1ccc(C(=O)[O-])cc1. The van der Waals surface area contributed by atoms with Gasteiger partial charge in [-0.15, -0.1) is 0 Å². The summed E-state index contributed by atoms with van der Waals surface area (Å²) in [6, 6.07) is 14.9. The van der Waals surface area contributed by atoms with Gasteiger partial charge in [0, 0.05) is 0 Å². The molecular weight excluding hydrogens is 372 g/mol. The molecule has 0 unspecified atom stereocenters. The summed E-state index contributed by atoms with van der Waals surface area (Å²) in [4.78, 5) is 28.3. The molecule has 146 valence electrons. The number of hydrogen-bond donors (Lipinski definition) is 1. The molecule has 1 atom stereocenters. The summed E-state index contributed by atoms with van der Waals surface area (Å²) in [6.45, 7) is 1.95. The molecule has 1 aliphatic heterocycles. The van der Waals surface area contributed by atoms with Crippen LogP contribution >= 0.6 is 0 Å². The van der Waals surface area contributed by atoms with E-state index in [1.807, 2.05) is 30.3 Å². The number of aromatic nitrogens is 3. The molecule has 1 aliphatic rings. The van der Waals surface area contributed by atoms with E-state index in [2.05, 4.69) is 15.4 Å². The Bertz CT molecular complexity index is 1090. The number of carboxylic acids is 1. The van der Waals surface area contributed by atoms with Crippen LogP contribution in [0.2, 0.25) is 0 Å². The molecule has 2 heterocycles. The molecule has 0 fully saturated rings. The molecule has 8 nitrogen and oxygen atoms in total. The first kappa shape index (κ1) is 18.4. The number of carbonyl (C=O) groups excluding carboxylic acids is 2. The van der Waals surface area contributed by atoms with Crippen LogP contribution in [0, 0.1) is 0 Å². The highest BCUT2D eigenvalue weighted by Crippen LogP contribution is 2.38. The average Bonchev–Trinajstić information content (AvgIpc) is 3.21. The van der Waals surface area contributed by atoms with Crippen LogP contribution < -0.4 is 10.4 Å². The molecule has 8 heteroatoms. The third kappa shape index (κ3) is 3.36. The fourth-order valence-corrected chi connectivity index (χ4v) is 3.33. The van der Waals surface area contributed by atoms with E-state index in [0.717, 1.165) is 5.56 Å². The lowest BCUT2D eigenvalue weighted by atomic mass is 9.92. The average molecular weight is 389 g/mol. The van der Waals surface area contributed by atoms with Gasteiger partial charge in [-0.05, 0) is 23.6 Å². The lowest BCUT2D eigenvalue weighted by molar-refractivity contribution is -0.255. The molecule has 4 rings (SSSR count). The Morgan fingerprint density at radius 1 is 1.14 bits per heavy atom. The molecule has 1 aromatic heterocycles. The fourth-order valence-electron chi connectivity index (χ4n) is 3.33. The van der Waals surface area contributed by atoms with Gasteiger partial charge in [-0.2, -0.15) is 10.1 Å². The molecule has 0 aliphatic carbocycles. The Morgan fingerprint density at radius 2 is 1.86 bits per heavy atom. The quantitative estimate of drug-likeness (QED) is 0.661. The minimum absolute atomic E-state index is 0.0476.